The van der Waals surface area contributed by atoms with E-state index in [4.69, 9.17) is 16.2 Å². The third-order valence-electron chi connectivity index (χ3n) is 2.27. The Balaban J connectivity index is 1.88. The SMILES string of the molecule is Nc1ccc(OCCc2ccccn2)nc1N. The fourth-order valence-corrected chi connectivity index (χ4v) is 1.35. The smallest absolute Gasteiger partial charge is 0.215 e. The van der Waals surface area contributed by atoms with E-state index in [2.05, 4.69) is 9.97 Å². The summed E-state index contributed by atoms with van der Waals surface area (Å²) in [5.41, 5.74) is 12.6. The molecule has 2 heterocycles. The van der Waals surface area contributed by atoms with E-state index >= 15 is 0 Å². The van der Waals surface area contributed by atoms with Crippen molar-refractivity contribution in [2.45, 2.75) is 6.42 Å². The maximum Gasteiger partial charge on any atom is 0.215 e. The first-order valence-electron chi connectivity index (χ1n) is 5.30. The number of hydrogen-bond donors (Lipinski definition) is 2. The second kappa shape index (κ2) is 5.16. The lowest BCUT2D eigenvalue weighted by molar-refractivity contribution is 0.309. The maximum atomic E-state index is 5.58. The fourth-order valence-electron chi connectivity index (χ4n) is 1.35. The molecular formula is C12H14N4O. The van der Waals surface area contributed by atoms with Gasteiger partial charge < -0.3 is 16.2 Å². The molecule has 2 aromatic heterocycles. The first kappa shape index (κ1) is 11.2. The number of hydrogen-bond acceptors (Lipinski definition) is 5. The summed E-state index contributed by atoms with van der Waals surface area (Å²) in [6.07, 6.45) is 2.49. The molecule has 5 nitrogen and oxygen atoms in total. The lowest BCUT2D eigenvalue weighted by atomic mass is 10.3. The van der Waals surface area contributed by atoms with E-state index in [1.807, 2.05) is 18.2 Å². The number of rotatable bonds is 4. The van der Waals surface area contributed by atoms with E-state index in [9.17, 15) is 0 Å². The van der Waals surface area contributed by atoms with Gasteiger partial charge in [0.1, 0.15) is 0 Å². The molecule has 0 saturated carbocycles. The predicted octanol–water partition coefficient (Wildman–Crippen LogP) is 1.26. The number of nitrogens with two attached hydrogens (primary N) is 2. The Hall–Kier alpha value is -2.30. The summed E-state index contributed by atoms with van der Waals surface area (Å²) in [7, 11) is 0. The third kappa shape index (κ3) is 3.07. The van der Waals surface area contributed by atoms with Crippen LogP contribution in [0, 0.1) is 0 Å². The molecule has 88 valence electrons. The average Bonchev–Trinajstić information content (AvgIpc) is 2.35. The van der Waals surface area contributed by atoms with Crippen molar-refractivity contribution >= 4 is 11.5 Å². The molecule has 0 aliphatic rings. The molecule has 2 aromatic rings. The summed E-state index contributed by atoms with van der Waals surface area (Å²) < 4.78 is 5.46. The minimum Gasteiger partial charge on any atom is -0.477 e. The van der Waals surface area contributed by atoms with E-state index in [-0.39, 0.29) is 0 Å². The van der Waals surface area contributed by atoms with E-state index in [0.717, 1.165) is 12.1 Å². The lowest BCUT2D eigenvalue weighted by Crippen LogP contribution is -2.05. The van der Waals surface area contributed by atoms with Crippen molar-refractivity contribution in [3.05, 3.63) is 42.2 Å². The summed E-state index contributed by atoms with van der Waals surface area (Å²) in [4.78, 5) is 8.21. The molecule has 17 heavy (non-hydrogen) atoms. The van der Waals surface area contributed by atoms with Crippen LogP contribution in [-0.2, 0) is 6.42 Å². The van der Waals surface area contributed by atoms with Gasteiger partial charge in [0.05, 0.1) is 12.3 Å². The van der Waals surface area contributed by atoms with Gasteiger partial charge in [0, 0.05) is 24.4 Å². The van der Waals surface area contributed by atoms with Crippen LogP contribution in [0.25, 0.3) is 0 Å². The highest BCUT2D eigenvalue weighted by Gasteiger charge is 2.00. The van der Waals surface area contributed by atoms with Gasteiger partial charge in [0.15, 0.2) is 5.82 Å². The Bertz CT molecular complexity index is 487. The molecule has 4 N–H and O–H groups in total. The van der Waals surface area contributed by atoms with Gasteiger partial charge in [-0.2, -0.15) is 4.98 Å². The zero-order valence-corrected chi connectivity index (χ0v) is 9.34. The van der Waals surface area contributed by atoms with Crippen molar-refractivity contribution in [3.63, 3.8) is 0 Å². The van der Waals surface area contributed by atoms with Gasteiger partial charge in [-0.05, 0) is 18.2 Å². The molecule has 0 aliphatic heterocycles. The summed E-state index contributed by atoms with van der Waals surface area (Å²) in [5.74, 6) is 0.771. The molecule has 5 heteroatoms. The predicted molar refractivity (Wildman–Crippen MR) is 66.5 cm³/mol. The monoisotopic (exact) mass is 230 g/mol. The van der Waals surface area contributed by atoms with Crippen LogP contribution in [-0.4, -0.2) is 16.6 Å². The van der Waals surface area contributed by atoms with Crippen molar-refractivity contribution in [1.29, 1.82) is 0 Å². The van der Waals surface area contributed by atoms with Crippen LogP contribution in [0.15, 0.2) is 36.5 Å². The van der Waals surface area contributed by atoms with Crippen molar-refractivity contribution in [2.75, 3.05) is 18.1 Å². The zero-order chi connectivity index (χ0) is 12.1. The van der Waals surface area contributed by atoms with Crippen LogP contribution in [0.2, 0.25) is 0 Å². The number of ether oxygens (including phenoxy) is 1. The molecule has 0 aliphatic carbocycles. The standard InChI is InChI=1S/C12H14N4O/c13-10-4-5-11(16-12(10)14)17-8-6-9-3-1-2-7-15-9/h1-5,7H,6,8,13H2,(H2,14,16). The summed E-state index contributed by atoms with van der Waals surface area (Å²) in [5, 5.41) is 0. The molecule has 0 bridgehead atoms. The number of nitrogen functional groups attached to an aromatic ring is 2. The average molecular weight is 230 g/mol. The van der Waals surface area contributed by atoms with Crippen LogP contribution in [0.3, 0.4) is 0 Å². The van der Waals surface area contributed by atoms with Gasteiger partial charge in [0.2, 0.25) is 5.88 Å². The Kier molecular flexibility index (Phi) is 3.40. The second-order valence-corrected chi connectivity index (χ2v) is 3.54. The molecule has 0 unspecified atom stereocenters. The van der Waals surface area contributed by atoms with E-state index in [1.54, 1.807) is 18.3 Å². The van der Waals surface area contributed by atoms with Crippen molar-refractivity contribution in [1.82, 2.24) is 9.97 Å². The molecule has 0 saturated heterocycles. The van der Waals surface area contributed by atoms with Gasteiger partial charge in [-0.25, -0.2) is 0 Å². The summed E-state index contributed by atoms with van der Waals surface area (Å²) in [6, 6.07) is 9.16. The van der Waals surface area contributed by atoms with Crippen LogP contribution < -0.4 is 16.2 Å². The van der Waals surface area contributed by atoms with Gasteiger partial charge in [-0.1, -0.05) is 6.07 Å². The molecule has 0 aromatic carbocycles. The minimum absolute atomic E-state index is 0.292. The van der Waals surface area contributed by atoms with Crippen molar-refractivity contribution in [2.24, 2.45) is 0 Å². The van der Waals surface area contributed by atoms with E-state index in [1.165, 1.54) is 0 Å². The molecule has 0 spiro atoms. The van der Waals surface area contributed by atoms with Crippen LogP contribution in [0.5, 0.6) is 5.88 Å². The minimum atomic E-state index is 0.292. The van der Waals surface area contributed by atoms with Crippen LogP contribution >= 0.6 is 0 Å². The maximum absolute atomic E-state index is 5.58. The summed E-state index contributed by atoms with van der Waals surface area (Å²) >= 11 is 0. The molecule has 0 radical (unpaired) electrons. The lowest BCUT2D eigenvalue weighted by Gasteiger charge is -2.06. The van der Waals surface area contributed by atoms with Crippen LogP contribution in [0.1, 0.15) is 5.69 Å². The number of aromatic nitrogens is 2. The highest BCUT2D eigenvalue weighted by Crippen LogP contribution is 2.16. The van der Waals surface area contributed by atoms with Gasteiger partial charge in [0.25, 0.3) is 0 Å². The third-order valence-corrected chi connectivity index (χ3v) is 2.27. The molecule has 0 atom stereocenters. The quantitative estimate of drug-likeness (QED) is 0.825. The summed E-state index contributed by atoms with van der Waals surface area (Å²) in [6.45, 7) is 0.507. The fraction of sp³-hybridized carbons (Fsp3) is 0.167. The first-order chi connectivity index (χ1) is 8.25. The largest absolute Gasteiger partial charge is 0.477 e. The van der Waals surface area contributed by atoms with E-state index in [0.29, 0.717) is 24.0 Å². The van der Waals surface area contributed by atoms with E-state index < -0.39 is 0 Å². The molecule has 0 amide bonds. The Labute approximate surface area is 99.5 Å². The first-order valence-corrected chi connectivity index (χ1v) is 5.30. The number of pyridine rings is 2. The second-order valence-electron chi connectivity index (χ2n) is 3.54. The van der Waals surface area contributed by atoms with Crippen LogP contribution in [0.4, 0.5) is 11.5 Å². The van der Waals surface area contributed by atoms with Gasteiger partial charge in [-0.3, -0.25) is 4.98 Å². The Morgan fingerprint density at radius 3 is 2.71 bits per heavy atom. The topological polar surface area (TPSA) is 87.0 Å². The Morgan fingerprint density at radius 2 is 2.00 bits per heavy atom. The van der Waals surface area contributed by atoms with Crippen molar-refractivity contribution < 1.29 is 4.74 Å². The highest BCUT2D eigenvalue weighted by molar-refractivity contribution is 5.58. The number of nitrogens with zero attached hydrogens (tertiary/aromatic N) is 2. The number of anilines is 2. The molecule has 2 rings (SSSR count). The molecular weight excluding hydrogens is 216 g/mol. The van der Waals surface area contributed by atoms with Gasteiger partial charge >= 0.3 is 0 Å². The zero-order valence-electron chi connectivity index (χ0n) is 9.34. The highest BCUT2D eigenvalue weighted by atomic mass is 16.5. The normalized spacial score (nSPS) is 10.1. The van der Waals surface area contributed by atoms with Gasteiger partial charge in [-0.15, -0.1) is 0 Å². The Morgan fingerprint density at radius 1 is 1.12 bits per heavy atom. The molecule has 0 fully saturated rings. The van der Waals surface area contributed by atoms with Crippen molar-refractivity contribution in [3.8, 4) is 5.88 Å².